The molecule has 6 heteroatoms. The summed E-state index contributed by atoms with van der Waals surface area (Å²) < 4.78 is 11.7. The summed E-state index contributed by atoms with van der Waals surface area (Å²) in [6.45, 7) is 2.27. The van der Waals surface area contributed by atoms with Gasteiger partial charge in [-0.25, -0.2) is 0 Å². The largest absolute Gasteiger partial charge is 0.493 e. The summed E-state index contributed by atoms with van der Waals surface area (Å²) in [5.74, 6) is 0.787. The number of amides is 1. The molecule has 0 heterocycles. The zero-order valence-corrected chi connectivity index (χ0v) is 13.4. The van der Waals surface area contributed by atoms with Gasteiger partial charge in [-0.1, -0.05) is 6.92 Å². The molecule has 0 aliphatic carbocycles. The van der Waals surface area contributed by atoms with E-state index in [9.17, 15) is 4.79 Å². The van der Waals surface area contributed by atoms with E-state index in [0.29, 0.717) is 11.5 Å². The van der Waals surface area contributed by atoms with Crippen LogP contribution in [0.5, 0.6) is 11.5 Å². The number of ether oxygens (including phenoxy) is 2. The fraction of sp³-hybridized carbons (Fsp3) is 0.500. The molecule has 0 radical (unpaired) electrons. The Kier molecular flexibility index (Phi) is 6.81. The minimum atomic E-state index is -0.398. The molecular weight excluding hydrogens is 324 g/mol. The van der Waals surface area contributed by atoms with Crippen LogP contribution in [-0.2, 0) is 11.2 Å². The molecule has 1 atom stereocenters. The monoisotopic (exact) mass is 344 g/mol. The van der Waals surface area contributed by atoms with Crippen LogP contribution < -0.4 is 20.9 Å². The van der Waals surface area contributed by atoms with Gasteiger partial charge < -0.3 is 20.9 Å². The van der Waals surface area contributed by atoms with Crippen molar-refractivity contribution in [3.8, 4) is 11.5 Å². The van der Waals surface area contributed by atoms with Crippen molar-refractivity contribution >= 4 is 21.8 Å². The Labute approximate surface area is 127 Å². The molecule has 1 amide bonds. The quantitative estimate of drug-likeness (QED) is 0.754. The second-order valence-corrected chi connectivity index (χ2v) is 5.40. The van der Waals surface area contributed by atoms with E-state index < -0.39 is 5.91 Å². The zero-order valence-electron chi connectivity index (χ0n) is 11.8. The standard InChI is InChI=1S/C14H21BrN2O3/c1-3-10(16)6-9-7-11(15)14(12(8-9)19-2)20-5-4-13(17)18/h7-8,10H,3-6,16H2,1-2H3,(H2,17,18). The lowest BCUT2D eigenvalue weighted by Gasteiger charge is -2.15. The maximum atomic E-state index is 10.7. The highest BCUT2D eigenvalue weighted by Gasteiger charge is 2.13. The zero-order chi connectivity index (χ0) is 15.1. The summed E-state index contributed by atoms with van der Waals surface area (Å²) in [5, 5.41) is 0. The minimum Gasteiger partial charge on any atom is -0.493 e. The molecule has 0 saturated carbocycles. The topological polar surface area (TPSA) is 87.6 Å². The van der Waals surface area contributed by atoms with Gasteiger partial charge in [-0.3, -0.25) is 4.79 Å². The summed E-state index contributed by atoms with van der Waals surface area (Å²) in [4.78, 5) is 10.7. The fourth-order valence-corrected chi connectivity index (χ4v) is 2.34. The first kappa shape index (κ1) is 16.8. The molecule has 1 unspecified atom stereocenters. The number of primary amides is 1. The van der Waals surface area contributed by atoms with Crippen molar-refractivity contribution in [1.29, 1.82) is 0 Å². The highest BCUT2D eigenvalue weighted by Crippen LogP contribution is 2.37. The fourth-order valence-electron chi connectivity index (χ4n) is 1.73. The van der Waals surface area contributed by atoms with Crippen molar-refractivity contribution in [2.24, 2.45) is 11.5 Å². The van der Waals surface area contributed by atoms with Crippen molar-refractivity contribution in [3.05, 3.63) is 22.2 Å². The van der Waals surface area contributed by atoms with Crippen LogP contribution >= 0.6 is 15.9 Å². The maximum Gasteiger partial charge on any atom is 0.220 e. The van der Waals surface area contributed by atoms with E-state index in [0.717, 1.165) is 22.9 Å². The van der Waals surface area contributed by atoms with Gasteiger partial charge in [0.15, 0.2) is 11.5 Å². The number of hydrogen-bond acceptors (Lipinski definition) is 4. The number of benzene rings is 1. The Balaban J connectivity index is 2.87. The van der Waals surface area contributed by atoms with Crippen LogP contribution in [0.15, 0.2) is 16.6 Å². The molecule has 0 aliphatic heterocycles. The Bertz CT molecular complexity index is 466. The number of carbonyl (C=O) groups is 1. The summed E-state index contributed by atoms with van der Waals surface area (Å²) in [6.07, 6.45) is 1.85. The van der Waals surface area contributed by atoms with Crippen LogP contribution in [0.3, 0.4) is 0 Å². The summed E-state index contributed by atoms with van der Waals surface area (Å²) in [5.41, 5.74) is 12.1. The SMILES string of the molecule is CCC(N)Cc1cc(Br)c(OCCC(N)=O)c(OC)c1. The van der Waals surface area contributed by atoms with Crippen LogP contribution in [-0.4, -0.2) is 25.7 Å². The molecule has 1 aromatic rings. The molecule has 112 valence electrons. The Morgan fingerprint density at radius 3 is 2.70 bits per heavy atom. The van der Waals surface area contributed by atoms with Gasteiger partial charge in [-0.2, -0.15) is 0 Å². The molecular formula is C14H21BrN2O3. The highest BCUT2D eigenvalue weighted by atomic mass is 79.9. The van der Waals surface area contributed by atoms with E-state index >= 15 is 0 Å². The molecule has 0 saturated heterocycles. The van der Waals surface area contributed by atoms with E-state index in [1.807, 2.05) is 12.1 Å². The summed E-state index contributed by atoms with van der Waals surface area (Å²) in [6, 6.07) is 3.98. The van der Waals surface area contributed by atoms with Crippen molar-refractivity contribution in [3.63, 3.8) is 0 Å². The molecule has 0 bridgehead atoms. The molecule has 0 aliphatic rings. The predicted molar refractivity (Wildman–Crippen MR) is 82.0 cm³/mol. The third-order valence-corrected chi connectivity index (χ3v) is 3.50. The van der Waals surface area contributed by atoms with Crippen molar-refractivity contribution in [2.45, 2.75) is 32.2 Å². The molecule has 4 N–H and O–H groups in total. The highest BCUT2D eigenvalue weighted by molar-refractivity contribution is 9.10. The van der Waals surface area contributed by atoms with Gasteiger partial charge in [0.2, 0.25) is 5.91 Å². The normalized spacial score (nSPS) is 12.0. The van der Waals surface area contributed by atoms with Gasteiger partial charge in [0.05, 0.1) is 24.6 Å². The van der Waals surface area contributed by atoms with Gasteiger partial charge in [0.25, 0.3) is 0 Å². The van der Waals surface area contributed by atoms with E-state index in [1.54, 1.807) is 7.11 Å². The molecule has 20 heavy (non-hydrogen) atoms. The lowest BCUT2D eigenvalue weighted by molar-refractivity contribution is -0.118. The van der Waals surface area contributed by atoms with Crippen LogP contribution in [0.1, 0.15) is 25.3 Å². The van der Waals surface area contributed by atoms with Crippen molar-refractivity contribution in [2.75, 3.05) is 13.7 Å². The number of nitrogens with two attached hydrogens (primary N) is 2. The van der Waals surface area contributed by atoms with Gasteiger partial charge in [0, 0.05) is 6.04 Å². The third kappa shape index (κ3) is 5.02. The van der Waals surface area contributed by atoms with E-state index in [-0.39, 0.29) is 19.1 Å². The number of rotatable bonds is 8. The lowest BCUT2D eigenvalue weighted by atomic mass is 10.0. The molecule has 1 rings (SSSR count). The molecule has 0 spiro atoms. The minimum absolute atomic E-state index is 0.119. The maximum absolute atomic E-state index is 10.7. The summed E-state index contributed by atoms with van der Waals surface area (Å²) >= 11 is 3.46. The second kappa shape index (κ2) is 8.11. The second-order valence-electron chi connectivity index (χ2n) is 4.55. The van der Waals surface area contributed by atoms with Crippen molar-refractivity contribution in [1.82, 2.24) is 0 Å². The first-order valence-electron chi connectivity index (χ1n) is 6.51. The van der Waals surface area contributed by atoms with E-state index in [1.165, 1.54) is 0 Å². The number of halogens is 1. The van der Waals surface area contributed by atoms with Gasteiger partial charge in [0.1, 0.15) is 0 Å². The average Bonchev–Trinajstić information content (AvgIpc) is 2.40. The molecule has 0 fully saturated rings. The van der Waals surface area contributed by atoms with Gasteiger partial charge in [-0.15, -0.1) is 0 Å². The Hall–Kier alpha value is -1.27. The van der Waals surface area contributed by atoms with Crippen LogP contribution in [0.25, 0.3) is 0 Å². The third-order valence-electron chi connectivity index (χ3n) is 2.91. The first-order chi connectivity index (χ1) is 9.47. The Morgan fingerprint density at radius 1 is 1.45 bits per heavy atom. The van der Waals surface area contributed by atoms with Gasteiger partial charge >= 0.3 is 0 Å². The number of carbonyl (C=O) groups excluding carboxylic acids is 1. The number of methoxy groups -OCH3 is 1. The smallest absolute Gasteiger partial charge is 0.220 e. The summed E-state index contributed by atoms with van der Waals surface area (Å²) in [7, 11) is 1.58. The van der Waals surface area contributed by atoms with E-state index in [2.05, 4.69) is 22.9 Å². The predicted octanol–water partition coefficient (Wildman–Crippen LogP) is 1.99. The average molecular weight is 345 g/mol. The Morgan fingerprint density at radius 2 is 2.15 bits per heavy atom. The molecule has 5 nitrogen and oxygen atoms in total. The van der Waals surface area contributed by atoms with Gasteiger partial charge in [-0.05, 0) is 46.5 Å². The number of hydrogen-bond donors (Lipinski definition) is 2. The lowest BCUT2D eigenvalue weighted by Crippen LogP contribution is -2.21. The van der Waals surface area contributed by atoms with Crippen molar-refractivity contribution < 1.29 is 14.3 Å². The first-order valence-corrected chi connectivity index (χ1v) is 7.30. The van der Waals surface area contributed by atoms with Crippen LogP contribution in [0, 0.1) is 0 Å². The van der Waals surface area contributed by atoms with Crippen LogP contribution in [0.2, 0.25) is 0 Å². The molecule has 1 aromatic carbocycles. The van der Waals surface area contributed by atoms with E-state index in [4.69, 9.17) is 20.9 Å². The van der Waals surface area contributed by atoms with Crippen LogP contribution in [0.4, 0.5) is 0 Å². The molecule has 0 aromatic heterocycles.